The Bertz CT molecular complexity index is 502. The molecule has 0 spiro atoms. The summed E-state index contributed by atoms with van der Waals surface area (Å²) in [6.07, 6.45) is 6.17. The quantitative estimate of drug-likeness (QED) is 0.591. The van der Waals surface area contributed by atoms with Crippen LogP contribution in [0, 0.1) is 12.3 Å². The molecular weight excluding hydrogens is 288 g/mol. The first-order valence-electron chi connectivity index (χ1n) is 6.84. The first-order valence-corrected chi connectivity index (χ1v) is 7.87. The van der Waals surface area contributed by atoms with Crippen LogP contribution >= 0.6 is 0 Å². The second-order valence-corrected chi connectivity index (χ2v) is 6.08. The van der Waals surface area contributed by atoms with Crippen molar-refractivity contribution >= 4 is 11.4 Å². The van der Waals surface area contributed by atoms with E-state index in [0.29, 0.717) is 12.2 Å². The third-order valence-corrected chi connectivity index (χ3v) is 3.86. The molecule has 0 aliphatic rings. The van der Waals surface area contributed by atoms with E-state index in [4.69, 9.17) is 15.7 Å². The minimum atomic E-state index is -2.31. The first kappa shape index (κ1) is 17.7. The summed E-state index contributed by atoms with van der Waals surface area (Å²) in [6.45, 7) is 6.50. The van der Waals surface area contributed by atoms with Crippen LogP contribution in [0.1, 0.15) is 39.2 Å². The number of rotatable bonds is 8. The molecule has 0 fully saturated rings. The summed E-state index contributed by atoms with van der Waals surface area (Å²) in [6, 6.07) is 7.81. The van der Waals surface area contributed by atoms with Crippen LogP contribution in [0.3, 0.4) is 0 Å². The molecule has 0 saturated carbocycles. The van der Waals surface area contributed by atoms with Crippen molar-refractivity contribution in [3.8, 4) is 18.1 Å². The molecule has 0 heterocycles. The molecule has 2 atom stereocenters. The molecule has 0 saturated heterocycles. The third kappa shape index (κ3) is 5.88. The van der Waals surface area contributed by atoms with E-state index in [1.54, 1.807) is 0 Å². The molecule has 0 aromatic heterocycles. The van der Waals surface area contributed by atoms with Gasteiger partial charge in [0.15, 0.2) is 0 Å². The van der Waals surface area contributed by atoms with Gasteiger partial charge in [-0.25, -0.2) is 0 Å². The average Bonchev–Trinajstić information content (AvgIpc) is 2.45. The van der Waals surface area contributed by atoms with Gasteiger partial charge in [0.05, 0.1) is 0 Å². The van der Waals surface area contributed by atoms with Gasteiger partial charge in [0, 0.05) is 6.42 Å². The fourth-order valence-electron chi connectivity index (χ4n) is 1.78. The Kier molecular flexibility index (Phi) is 6.90. The lowest BCUT2D eigenvalue weighted by atomic mass is 9.82. The summed E-state index contributed by atoms with van der Waals surface area (Å²) in [5, 5.41) is 0. The number of benzene rings is 1. The van der Waals surface area contributed by atoms with Crippen molar-refractivity contribution in [3.63, 3.8) is 0 Å². The lowest BCUT2D eigenvalue weighted by Crippen LogP contribution is -2.23. The van der Waals surface area contributed by atoms with Crippen LogP contribution in [0.15, 0.2) is 24.3 Å². The maximum Gasteiger partial charge on any atom is 0.302 e. The summed E-state index contributed by atoms with van der Waals surface area (Å²) < 4.78 is 29.5. The van der Waals surface area contributed by atoms with Crippen molar-refractivity contribution in [3.05, 3.63) is 29.8 Å². The number of ether oxygens (including phenoxy) is 1. The summed E-state index contributed by atoms with van der Waals surface area (Å²) in [5.74, 6) is 3.14. The molecule has 0 radical (unpaired) electrons. The van der Waals surface area contributed by atoms with Crippen molar-refractivity contribution < 1.29 is 17.7 Å². The summed E-state index contributed by atoms with van der Waals surface area (Å²) in [5.41, 5.74) is 1.35. The molecule has 0 bridgehead atoms. The molecule has 2 unspecified atom stereocenters. The van der Waals surface area contributed by atoms with Crippen molar-refractivity contribution in [1.29, 1.82) is 0 Å². The maximum absolute atomic E-state index is 10.5. The number of hydrogen-bond donors (Lipinski definition) is 1. The second kappa shape index (κ2) is 8.18. The summed E-state index contributed by atoms with van der Waals surface area (Å²) in [4.78, 5) is 0. The first-order chi connectivity index (χ1) is 9.89. The van der Waals surface area contributed by atoms with Gasteiger partial charge >= 0.3 is 11.4 Å². The van der Waals surface area contributed by atoms with Crippen LogP contribution in [-0.4, -0.2) is 21.5 Å². The standard InChI is InChI=1S/C16H22O4S/c1-5-7-15(12-19-21(17)18)20-14-10-8-13(9-11-14)16(3,4)6-2/h1,8-11,15H,6-7,12H2,2-4H3,(H,17,18). The summed E-state index contributed by atoms with van der Waals surface area (Å²) >= 11 is -2.31. The van der Waals surface area contributed by atoms with Gasteiger partial charge in [-0.2, -0.15) is 4.21 Å². The Hall–Kier alpha value is -1.35. The van der Waals surface area contributed by atoms with Crippen molar-refractivity contribution in [2.24, 2.45) is 0 Å². The Morgan fingerprint density at radius 1 is 1.38 bits per heavy atom. The maximum atomic E-state index is 10.5. The monoisotopic (exact) mass is 310 g/mol. The number of terminal acetylenes is 1. The zero-order valence-electron chi connectivity index (χ0n) is 12.7. The third-order valence-electron chi connectivity index (χ3n) is 3.52. The van der Waals surface area contributed by atoms with E-state index in [9.17, 15) is 4.21 Å². The molecule has 4 nitrogen and oxygen atoms in total. The molecule has 0 amide bonds. The molecule has 0 aliphatic heterocycles. The Morgan fingerprint density at radius 2 is 2.00 bits per heavy atom. The predicted molar refractivity (Wildman–Crippen MR) is 84.3 cm³/mol. The van der Waals surface area contributed by atoms with Gasteiger partial charge in [-0.3, -0.25) is 8.74 Å². The fraction of sp³-hybridized carbons (Fsp3) is 0.500. The molecule has 5 heteroatoms. The van der Waals surface area contributed by atoms with E-state index in [0.717, 1.165) is 6.42 Å². The van der Waals surface area contributed by atoms with Gasteiger partial charge in [-0.15, -0.1) is 12.3 Å². The molecule has 116 valence electrons. The zero-order chi connectivity index (χ0) is 15.9. The highest BCUT2D eigenvalue weighted by molar-refractivity contribution is 7.74. The normalized spacial score (nSPS) is 14.2. The van der Waals surface area contributed by atoms with Gasteiger partial charge in [-0.05, 0) is 29.5 Å². The van der Waals surface area contributed by atoms with E-state index in [-0.39, 0.29) is 12.0 Å². The average molecular weight is 310 g/mol. The van der Waals surface area contributed by atoms with E-state index in [1.165, 1.54) is 5.56 Å². The van der Waals surface area contributed by atoms with Crippen molar-refractivity contribution in [2.75, 3.05) is 6.61 Å². The number of hydrogen-bond acceptors (Lipinski definition) is 3. The fourth-order valence-corrected chi connectivity index (χ4v) is 2.05. The highest BCUT2D eigenvalue weighted by atomic mass is 32.2. The predicted octanol–water partition coefficient (Wildman–Crippen LogP) is 3.30. The summed E-state index contributed by atoms with van der Waals surface area (Å²) in [7, 11) is 0. The van der Waals surface area contributed by atoms with Crippen LogP contribution in [0.4, 0.5) is 0 Å². The Morgan fingerprint density at radius 3 is 2.48 bits per heavy atom. The highest BCUT2D eigenvalue weighted by Crippen LogP contribution is 2.28. The molecule has 1 aromatic carbocycles. The Balaban J connectivity index is 2.72. The molecular formula is C16H22O4S. The molecule has 1 aromatic rings. The van der Waals surface area contributed by atoms with E-state index in [1.807, 2.05) is 24.3 Å². The van der Waals surface area contributed by atoms with Gasteiger partial charge in [0.2, 0.25) is 0 Å². The Labute approximate surface area is 129 Å². The molecule has 21 heavy (non-hydrogen) atoms. The van der Waals surface area contributed by atoms with Crippen LogP contribution in [-0.2, 0) is 21.0 Å². The van der Waals surface area contributed by atoms with E-state index < -0.39 is 17.5 Å². The highest BCUT2D eigenvalue weighted by Gasteiger charge is 2.18. The van der Waals surface area contributed by atoms with Crippen LogP contribution in [0.5, 0.6) is 5.75 Å². The van der Waals surface area contributed by atoms with Crippen LogP contribution < -0.4 is 4.74 Å². The minimum absolute atomic E-state index is 0.0322. The van der Waals surface area contributed by atoms with Gasteiger partial charge in [0.1, 0.15) is 18.5 Å². The van der Waals surface area contributed by atoms with Crippen LogP contribution in [0.2, 0.25) is 0 Å². The SMILES string of the molecule is C#CCC(COS(=O)O)Oc1ccc(C(C)(C)CC)cc1. The second-order valence-electron chi connectivity index (χ2n) is 5.41. The van der Waals surface area contributed by atoms with E-state index >= 15 is 0 Å². The van der Waals surface area contributed by atoms with Crippen molar-refractivity contribution in [2.45, 2.75) is 45.1 Å². The smallest absolute Gasteiger partial charge is 0.302 e. The molecule has 1 rings (SSSR count). The van der Waals surface area contributed by atoms with Crippen molar-refractivity contribution in [1.82, 2.24) is 0 Å². The lowest BCUT2D eigenvalue weighted by molar-refractivity contribution is 0.134. The van der Waals surface area contributed by atoms with Gasteiger partial charge in [0.25, 0.3) is 0 Å². The van der Waals surface area contributed by atoms with Crippen LogP contribution in [0.25, 0.3) is 0 Å². The lowest BCUT2D eigenvalue weighted by Gasteiger charge is -2.24. The largest absolute Gasteiger partial charge is 0.487 e. The van der Waals surface area contributed by atoms with Gasteiger partial charge < -0.3 is 4.74 Å². The molecule has 0 aliphatic carbocycles. The topological polar surface area (TPSA) is 55.8 Å². The molecule has 1 N–H and O–H groups in total. The minimum Gasteiger partial charge on any atom is -0.487 e. The van der Waals surface area contributed by atoms with Gasteiger partial charge in [-0.1, -0.05) is 32.9 Å². The zero-order valence-corrected chi connectivity index (χ0v) is 13.5. The van der Waals surface area contributed by atoms with E-state index in [2.05, 4.69) is 30.9 Å².